The summed E-state index contributed by atoms with van der Waals surface area (Å²) in [7, 11) is 0. The third-order valence-electron chi connectivity index (χ3n) is 2.90. The average Bonchev–Trinajstić information content (AvgIpc) is 2.73. The van der Waals surface area contributed by atoms with Crippen LogP contribution in [0.15, 0.2) is 30.5 Å². The quantitative estimate of drug-likeness (QED) is 0.849. The molecule has 0 aliphatic carbocycles. The molecule has 2 rings (SSSR count). The van der Waals surface area contributed by atoms with Gasteiger partial charge in [0, 0.05) is 18.1 Å². The number of carbonyl (C=O) groups excluding carboxylic acids is 1. The van der Waals surface area contributed by atoms with Gasteiger partial charge in [-0.1, -0.05) is 6.07 Å². The first kappa shape index (κ1) is 13.4. The van der Waals surface area contributed by atoms with Crippen LogP contribution >= 0.6 is 0 Å². The van der Waals surface area contributed by atoms with Gasteiger partial charge in [-0.05, 0) is 32.0 Å². The predicted octanol–water partition coefficient (Wildman–Crippen LogP) is 1.24. The largest absolute Gasteiger partial charge is 0.490 e. The Labute approximate surface area is 112 Å². The molecule has 19 heavy (non-hydrogen) atoms. The highest BCUT2D eigenvalue weighted by Gasteiger charge is 2.13. The first-order valence-electron chi connectivity index (χ1n) is 6.28. The van der Waals surface area contributed by atoms with Crippen LogP contribution in [0.1, 0.15) is 13.8 Å². The molecule has 4 N–H and O–H groups in total. The summed E-state index contributed by atoms with van der Waals surface area (Å²) in [6, 6.07) is 7.09. The van der Waals surface area contributed by atoms with E-state index >= 15 is 0 Å². The number of fused-ring (bicyclic) bond motifs is 1. The van der Waals surface area contributed by atoms with Crippen molar-refractivity contribution in [3.8, 4) is 5.75 Å². The number of rotatable bonds is 5. The second-order valence-corrected chi connectivity index (χ2v) is 4.83. The van der Waals surface area contributed by atoms with E-state index < -0.39 is 11.9 Å². The molecule has 5 heteroatoms. The Morgan fingerprint density at radius 3 is 2.74 bits per heavy atom. The highest BCUT2D eigenvalue weighted by molar-refractivity contribution is 5.87. The predicted molar refractivity (Wildman–Crippen MR) is 74.9 cm³/mol. The summed E-state index contributed by atoms with van der Waals surface area (Å²) in [4.78, 5) is 11.0. The number of nitrogens with zero attached hydrogens (tertiary/aromatic N) is 1. The summed E-state index contributed by atoms with van der Waals surface area (Å²) < 4.78 is 7.67. The molecule has 102 valence electrons. The fourth-order valence-electron chi connectivity index (χ4n) is 2.01. The van der Waals surface area contributed by atoms with E-state index in [9.17, 15) is 4.79 Å². The Balaban J connectivity index is 2.35. The lowest BCUT2D eigenvalue weighted by atomic mass is 10.2. The van der Waals surface area contributed by atoms with Crippen LogP contribution in [0.2, 0.25) is 0 Å². The Hall–Kier alpha value is -2.01. The van der Waals surface area contributed by atoms with Crippen molar-refractivity contribution < 1.29 is 9.53 Å². The summed E-state index contributed by atoms with van der Waals surface area (Å²) in [5.74, 6) is 0.329. The number of hydrogen-bond acceptors (Lipinski definition) is 3. The van der Waals surface area contributed by atoms with Crippen LogP contribution < -0.4 is 16.2 Å². The van der Waals surface area contributed by atoms with E-state index in [1.807, 2.05) is 48.9 Å². The molecule has 0 fully saturated rings. The number of hydrogen-bond donors (Lipinski definition) is 2. The van der Waals surface area contributed by atoms with Crippen LogP contribution in [0, 0.1) is 0 Å². The molecule has 1 aromatic carbocycles. The second-order valence-electron chi connectivity index (χ2n) is 4.83. The van der Waals surface area contributed by atoms with Crippen LogP contribution in [0.3, 0.4) is 0 Å². The SMILES string of the molecule is CC(C)Oc1cccc2c1ccn2CC(N)C(N)=O. The number of ether oxygens (including phenoxy) is 1. The minimum absolute atomic E-state index is 0.113. The molecule has 0 aliphatic heterocycles. The molecule has 1 atom stereocenters. The topological polar surface area (TPSA) is 83.3 Å². The van der Waals surface area contributed by atoms with Crippen molar-refractivity contribution >= 4 is 16.8 Å². The molecule has 0 aliphatic rings. The normalized spacial score (nSPS) is 12.8. The molecular formula is C14H19N3O2. The number of primary amides is 1. The van der Waals surface area contributed by atoms with Gasteiger partial charge in [0.1, 0.15) is 11.8 Å². The first-order chi connectivity index (χ1) is 8.99. The van der Waals surface area contributed by atoms with Gasteiger partial charge in [0.05, 0.1) is 11.6 Å². The zero-order valence-electron chi connectivity index (χ0n) is 11.2. The minimum atomic E-state index is -0.690. The van der Waals surface area contributed by atoms with Crippen molar-refractivity contribution in [1.82, 2.24) is 4.57 Å². The summed E-state index contributed by atoms with van der Waals surface area (Å²) in [5.41, 5.74) is 11.9. The Kier molecular flexibility index (Phi) is 3.76. The molecule has 1 heterocycles. The maximum atomic E-state index is 11.0. The molecule has 1 unspecified atom stereocenters. The van der Waals surface area contributed by atoms with Gasteiger partial charge in [-0.2, -0.15) is 0 Å². The number of aromatic nitrogens is 1. The van der Waals surface area contributed by atoms with Gasteiger partial charge >= 0.3 is 0 Å². The third-order valence-corrected chi connectivity index (χ3v) is 2.90. The molecule has 0 saturated carbocycles. The van der Waals surface area contributed by atoms with Crippen LogP contribution in [-0.2, 0) is 11.3 Å². The number of nitrogens with two attached hydrogens (primary N) is 2. The van der Waals surface area contributed by atoms with Gasteiger partial charge in [-0.3, -0.25) is 4.79 Å². The molecule has 0 radical (unpaired) electrons. The summed E-state index contributed by atoms with van der Waals surface area (Å²) in [5, 5.41) is 1.01. The van der Waals surface area contributed by atoms with Gasteiger partial charge in [-0.15, -0.1) is 0 Å². The van der Waals surface area contributed by atoms with E-state index in [0.29, 0.717) is 6.54 Å². The zero-order chi connectivity index (χ0) is 14.0. The van der Waals surface area contributed by atoms with Crippen LogP contribution in [-0.4, -0.2) is 22.6 Å². The van der Waals surface area contributed by atoms with Crippen LogP contribution in [0.5, 0.6) is 5.75 Å². The van der Waals surface area contributed by atoms with Crippen molar-refractivity contribution in [3.05, 3.63) is 30.5 Å². The molecule has 5 nitrogen and oxygen atoms in total. The smallest absolute Gasteiger partial charge is 0.236 e. The van der Waals surface area contributed by atoms with Crippen molar-refractivity contribution in [1.29, 1.82) is 0 Å². The van der Waals surface area contributed by atoms with E-state index in [2.05, 4.69) is 0 Å². The summed E-state index contributed by atoms with van der Waals surface area (Å²) in [6.45, 7) is 4.33. The Morgan fingerprint density at radius 2 is 2.11 bits per heavy atom. The average molecular weight is 261 g/mol. The summed E-state index contributed by atoms with van der Waals surface area (Å²) in [6.07, 6.45) is 2.00. The first-order valence-corrected chi connectivity index (χ1v) is 6.28. The monoisotopic (exact) mass is 261 g/mol. The molecule has 0 spiro atoms. The van der Waals surface area contributed by atoms with E-state index in [4.69, 9.17) is 16.2 Å². The fraction of sp³-hybridized carbons (Fsp3) is 0.357. The lowest BCUT2D eigenvalue weighted by molar-refractivity contribution is -0.119. The van der Waals surface area contributed by atoms with Gasteiger partial charge in [-0.25, -0.2) is 0 Å². The zero-order valence-corrected chi connectivity index (χ0v) is 11.2. The summed E-state index contributed by atoms with van der Waals surface area (Å²) >= 11 is 0. The minimum Gasteiger partial charge on any atom is -0.490 e. The third kappa shape index (κ3) is 2.88. The molecule has 1 aromatic heterocycles. The van der Waals surface area contributed by atoms with Crippen LogP contribution in [0.4, 0.5) is 0 Å². The van der Waals surface area contributed by atoms with Gasteiger partial charge in [0.2, 0.25) is 5.91 Å². The maximum Gasteiger partial charge on any atom is 0.236 e. The lowest BCUT2D eigenvalue weighted by Crippen LogP contribution is -2.39. The lowest BCUT2D eigenvalue weighted by Gasteiger charge is -2.12. The Morgan fingerprint density at radius 1 is 1.37 bits per heavy atom. The van der Waals surface area contributed by atoms with Gasteiger partial charge < -0.3 is 20.8 Å². The maximum absolute atomic E-state index is 11.0. The van der Waals surface area contributed by atoms with Crippen molar-refractivity contribution in [2.75, 3.05) is 0 Å². The molecule has 1 amide bonds. The fourth-order valence-corrected chi connectivity index (χ4v) is 2.01. The standard InChI is InChI=1S/C14H19N3O2/c1-9(2)19-13-5-3-4-12-10(13)6-7-17(12)8-11(15)14(16)18/h3-7,9,11H,8,15H2,1-2H3,(H2,16,18). The van der Waals surface area contributed by atoms with E-state index in [0.717, 1.165) is 16.7 Å². The van der Waals surface area contributed by atoms with E-state index in [1.54, 1.807) is 0 Å². The van der Waals surface area contributed by atoms with Crippen molar-refractivity contribution in [2.24, 2.45) is 11.5 Å². The van der Waals surface area contributed by atoms with E-state index in [-0.39, 0.29) is 6.10 Å². The van der Waals surface area contributed by atoms with Gasteiger partial charge in [0.25, 0.3) is 0 Å². The van der Waals surface area contributed by atoms with E-state index in [1.165, 1.54) is 0 Å². The Bertz CT molecular complexity index is 589. The number of carbonyl (C=O) groups is 1. The second kappa shape index (κ2) is 5.32. The number of amides is 1. The van der Waals surface area contributed by atoms with Crippen molar-refractivity contribution in [2.45, 2.75) is 32.5 Å². The highest BCUT2D eigenvalue weighted by Crippen LogP contribution is 2.27. The molecule has 2 aromatic rings. The molecule has 0 saturated heterocycles. The molecule has 0 bridgehead atoms. The highest BCUT2D eigenvalue weighted by atomic mass is 16.5. The van der Waals surface area contributed by atoms with Gasteiger partial charge in [0.15, 0.2) is 0 Å². The molecular weight excluding hydrogens is 242 g/mol. The van der Waals surface area contributed by atoms with Crippen molar-refractivity contribution in [3.63, 3.8) is 0 Å². The van der Waals surface area contributed by atoms with Crippen LogP contribution in [0.25, 0.3) is 10.9 Å². The number of benzene rings is 1.